The van der Waals surface area contributed by atoms with Crippen molar-refractivity contribution in [1.29, 1.82) is 0 Å². The summed E-state index contributed by atoms with van der Waals surface area (Å²) in [6, 6.07) is 6.99. The zero-order chi connectivity index (χ0) is 23.9. The lowest BCUT2D eigenvalue weighted by molar-refractivity contribution is -0.384. The molecule has 1 aliphatic rings. The molecule has 3 aromatic rings. The largest absolute Gasteiger partial charge is 0.496 e. The van der Waals surface area contributed by atoms with Crippen LogP contribution in [0, 0.1) is 10.1 Å². The summed E-state index contributed by atoms with van der Waals surface area (Å²) in [5, 5.41) is 21.5. The molecular formula is C23H23ClN2O7. The number of halogens is 1. The van der Waals surface area contributed by atoms with Crippen LogP contribution in [0.1, 0.15) is 17.9 Å². The molecule has 1 fully saturated rings. The van der Waals surface area contributed by atoms with Gasteiger partial charge in [0.05, 0.1) is 25.7 Å². The van der Waals surface area contributed by atoms with E-state index in [2.05, 4.69) is 0 Å². The minimum atomic E-state index is -0.595. The van der Waals surface area contributed by atoms with Gasteiger partial charge in [0.25, 0.3) is 5.69 Å². The Morgan fingerprint density at radius 1 is 1.27 bits per heavy atom. The highest BCUT2D eigenvalue weighted by Crippen LogP contribution is 2.45. The van der Waals surface area contributed by atoms with Crippen LogP contribution in [0.2, 0.25) is 5.02 Å². The van der Waals surface area contributed by atoms with E-state index in [4.69, 9.17) is 25.5 Å². The Labute approximate surface area is 194 Å². The molecule has 0 saturated carbocycles. The molecule has 10 heteroatoms. The molecule has 174 valence electrons. The number of ether oxygens (including phenoxy) is 2. The van der Waals surface area contributed by atoms with Crippen molar-refractivity contribution in [3.63, 3.8) is 0 Å². The van der Waals surface area contributed by atoms with Crippen molar-refractivity contribution < 1.29 is 23.9 Å². The van der Waals surface area contributed by atoms with Gasteiger partial charge in [-0.05, 0) is 26.1 Å². The predicted molar refractivity (Wildman–Crippen MR) is 124 cm³/mol. The van der Waals surface area contributed by atoms with Crippen LogP contribution in [0.3, 0.4) is 0 Å². The lowest BCUT2D eigenvalue weighted by atomic mass is 9.89. The number of hydrogen-bond acceptors (Lipinski definition) is 8. The van der Waals surface area contributed by atoms with Gasteiger partial charge in [-0.1, -0.05) is 17.7 Å². The molecule has 0 unspecified atom stereocenters. The first-order valence-electron chi connectivity index (χ1n) is 10.3. The maximum atomic E-state index is 13.2. The number of methoxy groups -OCH3 is 2. The Balaban J connectivity index is 2.06. The SMILES string of the molecule is COc1cc(OC)c2c(=O)cc(-c3cccc([N+](=O)[O-])c3Cl)oc2c1[C@H]1CCN(C)[C@@H]1CO. The molecule has 0 spiro atoms. The van der Waals surface area contributed by atoms with E-state index in [9.17, 15) is 20.0 Å². The summed E-state index contributed by atoms with van der Waals surface area (Å²) < 4.78 is 17.3. The summed E-state index contributed by atoms with van der Waals surface area (Å²) in [6.45, 7) is 0.658. The molecule has 1 aromatic heterocycles. The quantitative estimate of drug-likeness (QED) is 0.423. The molecule has 33 heavy (non-hydrogen) atoms. The number of likely N-dealkylation sites (N-methyl/N-ethyl adjacent to an activating group) is 1. The van der Waals surface area contributed by atoms with Crippen molar-refractivity contribution in [2.24, 2.45) is 0 Å². The highest BCUT2D eigenvalue weighted by Gasteiger charge is 2.37. The fourth-order valence-electron chi connectivity index (χ4n) is 4.57. The summed E-state index contributed by atoms with van der Waals surface area (Å²) >= 11 is 6.30. The van der Waals surface area contributed by atoms with Gasteiger partial charge in [0, 0.05) is 41.3 Å². The van der Waals surface area contributed by atoms with E-state index in [0.717, 1.165) is 6.54 Å². The van der Waals surface area contributed by atoms with Crippen LogP contribution in [0.5, 0.6) is 11.5 Å². The van der Waals surface area contributed by atoms with Crippen LogP contribution in [-0.4, -0.2) is 55.4 Å². The zero-order valence-corrected chi connectivity index (χ0v) is 19.1. The lowest BCUT2D eigenvalue weighted by Crippen LogP contribution is -2.32. The number of benzene rings is 2. The highest BCUT2D eigenvalue weighted by atomic mass is 35.5. The van der Waals surface area contributed by atoms with Gasteiger partial charge in [0.15, 0.2) is 5.43 Å². The number of nitrogens with zero attached hydrogens (tertiary/aromatic N) is 2. The van der Waals surface area contributed by atoms with Gasteiger partial charge in [-0.25, -0.2) is 0 Å². The second-order valence-corrected chi connectivity index (χ2v) is 8.27. The fourth-order valence-corrected chi connectivity index (χ4v) is 4.86. The van der Waals surface area contributed by atoms with E-state index < -0.39 is 4.92 Å². The number of fused-ring (bicyclic) bond motifs is 1. The molecule has 0 bridgehead atoms. The molecule has 9 nitrogen and oxygen atoms in total. The molecule has 4 rings (SSSR count). The van der Waals surface area contributed by atoms with Gasteiger partial charge in [-0.15, -0.1) is 0 Å². The molecule has 1 aliphatic heterocycles. The Bertz CT molecular complexity index is 1290. The predicted octanol–water partition coefficient (Wildman–Crippen LogP) is 3.82. The molecule has 2 aromatic carbocycles. The number of likely N-dealkylation sites (tertiary alicyclic amines) is 1. The number of aliphatic hydroxyl groups excluding tert-OH is 1. The minimum Gasteiger partial charge on any atom is -0.496 e. The molecule has 2 heterocycles. The number of rotatable bonds is 6. The molecule has 0 radical (unpaired) electrons. The molecule has 2 atom stereocenters. The van der Waals surface area contributed by atoms with Crippen LogP contribution < -0.4 is 14.9 Å². The first kappa shape index (κ1) is 23.0. The maximum Gasteiger partial charge on any atom is 0.288 e. The second kappa shape index (κ2) is 9.01. The van der Waals surface area contributed by atoms with Gasteiger partial charge >= 0.3 is 0 Å². The van der Waals surface area contributed by atoms with Crippen molar-refractivity contribution in [3.8, 4) is 22.8 Å². The van der Waals surface area contributed by atoms with Gasteiger partial charge in [0.2, 0.25) is 0 Å². The number of hydrogen-bond donors (Lipinski definition) is 1. The molecule has 0 amide bonds. The van der Waals surface area contributed by atoms with E-state index in [0.29, 0.717) is 17.7 Å². The maximum absolute atomic E-state index is 13.2. The van der Waals surface area contributed by atoms with E-state index in [1.165, 1.54) is 32.4 Å². The molecule has 1 saturated heterocycles. The first-order valence-corrected chi connectivity index (χ1v) is 10.7. The van der Waals surface area contributed by atoms with Crippen molar-refractivity contribution >= 4 is 28.3 Å². The summed E-state index contributed by atoms with van der Waals surface area (Å²) in [4.78, 5) is 26.0. The van der Waals surface area contributed by atoms with Crippen molar-refractivity contribution in [3.05, 3.63) is 61.3 Å². The Morgan fingerprint density at radius 3 is 2.64 bits per heavy atom. The third kappa shape index (κ3) is 3.82. The van der Waals surface area contributed by atoms with Crippen molar-refractivity contribution in [2.45, 2.75) is 18.4 Å². The van der Waals surface area contributed by atoms with Crippen LogP contribution in [0.4, 0.5) is 5.69 Å². The topological polar surface area (TPSA) is 115 Å². The third-order valence-electron chi connectivity index (χ3n) is 6.23. The number of aliphatic hydroxyl groups is 1. The zero-order valence-electron chi connectivity index (χ0n) is 18.3. The monoisotopic (exact) mass is 474 g/mol. The summed E-state index contributed by atoms with van der Waals surface area (Å²) in [5.74, 6) is 0.651. The van der Waals surface area contributed by atoms with Crippen LogP contribution in [-0.2, 0) is 0 Å². The van der Waals surface area contributed by atoms with Crippen LogP contribution >= 0.6 is 11.6 Å². The van der Waals surface area contributed by atoms with E-state index in [1.54, 1.807) is 12.1 Å². The summed E-state index contributed by atoms with van der Waals surface area (Å²) in [6.07, 6.45) is 0.713. The number of nitro groups is 1. The Kier molecular flexibility index (Phi) is 6.29. The Hall–Kier alpha value is -3.14. The van der Waals surface area contributed by atoms with Gasteiger partial charge < -0.3 is 23.9 Å². The van der Waals surface area contributed by atoms with Crippen molar-refractivity contribution in [2.75, 3.05) is 34.4 Å². The van der Waals surface area contributed by atoms with E-state index in [1.807, 2.05) is 11.9 Å². The van der Waals surface area contributed by atoms with Crippen molar-refractivity contribution in [1.82, 2.24) is 4.90 Å². The van der Waals surface area contributed by atoms with Crippen LogP contribution in [0.15, 0.2) is 39.5 Å². The minimum absolute atomic E-state index is 0.0848. The van der Waals surface area contributed by atoms with E-state index >= 15 is 0 Å². The van der Waals surface area contributed by atoms with E-state index in [-0.39, 0.29) is 62.7 Å². The standard InChI is InChI=1S/C23H23ClN2O7/c1-25-8-7-12(15(25)11-27)20-18(31-2)10-19(32-3)21-16(28)9-17(33-23(20)21)13-5-4-6-14(22(13)24)26(29)30/h4-6,9-10,12,15,27H,7-8,11H2,1-3H3/t12-,15+/m0/s1. The highest BCUT2D eigenvalue weighted by molar-refractivity contribution is 6.35. The third-order valence-corrected chi connectivity index (χ3v) is 6.63. The molecular weight excluding hydrogens is 452 g/mol. The first-order chi connectivity index (χ1) is 15.8. The molecule has 1 N–H and O–H groups in total. The average Bonchev–Trinajstić information content (AvgIpc) is 3.17. The van der Waals surface area contributed by atoms with Gasteiger partial charge in [-0.3, -0.25) is 14.9 Å². The summed E-state index contributed by atoms with van der Waals surface area (Å²) in [5.41, 5.74) is 0.423. The smallest absolute Gasteiger partial charge is 0.288 e. The van der Waals surface area contributed by atoms with Gasteiger partial charge in [-0.2, -0.15) is 0 Å². The Morgan fingerprint density at radius 2 is 2.00 bits per heavy atom. The van der Waals surface area contributed by atoms with Crippen LogP contribution in [0.25, 0.3) is 22.3 Å². The lowest BCUT2D eigenvalue weighted by Gasteiger charge is -2.25. The second-order valence-electron chi connectivity index (χ2n) is 7.90. The van der Waals surface area contributed by atoms with Gasteiger partial charge in [0.1, 0.15) is 33.3 Å². The molecule has 0 aliphatic carbocycles. The summed E-state index contributed by atoms with van der Waals surface area (Å²) in [7, 11) is 4.87. The fraction of sp³-hybridized carbons (Fsp3) is 0.348. The number of nitro benzene ring substituents is 1. The average molecular weight is 475 g/mol. The normalized spacial score (nSPS) is 18.6.